The van der Waals surface area contributed by atoms with Crippen LogP contribution in [0.2, 0.25) is 0 Å². The van der Waals surface area contributed by atoms with Crippen molar-refractivity contribution in [3.05, 3.63) is 22.4 Å². The van der Waals surface area contributed by atoms with Crippen molar-refractivity contribution < 1.29 is 9.53 Å². The van der Waals surface area contributed by atoms with Crippen molar-refractivity contribution in [1.29, 1.82) is 5.26 Å². The highest BCUT2D eigenvalue weighted by Crippen LogP contribution is 2.19. The van der Waals surface area contributed by atoms with Crippen molar-refractivity contribution in [1.82, 2.24) is 0 Å². The summed E-state index contributed by atoms with van der Waals surface area (Å²) in [6.07, 6.45) is 0. The third-order valence-electron chi connectivity index (χ3n) is 1.53. The van der Waals surface area contributed by atoms with Gasteiger partial charge < -0.3 is 4.74 Å². The average Bonchev–Trinajstić information content (AvgIpc) is 2.59. The van der Waals surface area contributed by atoms with Crippen molar-refractivity contribution >= 4 is 17.3 Å². The molecule has 0 radical (unpaired) electrons. The smallest absolute Gasteiger partial charge is 0.327 e. The van der Waals surface area contributed by atoms with E-state index >= 15 is 0 Å². The molecule has 13 heavy (non-hydrogen) atoms. The maximum atomic E-state index is 11.2. The lowest BCUT2D eigenvalue weighted by atomic mass is 10.1. The Kier molecular flexibility index (Phi) is 3.47. The second-order valence-corrected chi connectivity index (χ2v) is 3.15. The molecule has 0 aliphatic rings. The van der Waals surface area contributed by atoms with Crippen LogP contribution in [0.3, 0.4) is 0 Å². The number of ether oxygens (including phenoxy) is 1. The molecule has 0 N–H and O–H groups in total. The molecule has 1 aromatic rings. The molecule has 0 aliphatic carbocycles. The fourth-order valence-electron chi connectivity index (χ4n) is 0.928. The highest BCUT2D eigenvalue weighted by molar-refractivity contribution is 7.08. The van der Waals surface area contributed by atoms with Crippen LogP contribution >= 0.6 is 11.3 Å². The zero-order valence-corrected chi connectivity index (χ0v) is 8.00. The van der Waals surface area contributed by atoms with Crippen LogP contribution in [-0.4, -0.2) is 12.6 Å². The van der Waals surface area contributed by atoms with Crippen LogP contribution in [0.4, 0.5) is 0 Å². The fraction of sp³-hybridized carbons (Fsp3) is 0.333. The Balaban J connectivity index is 2.76. The largest absolute Gasteiger partial charge is 0.465 e. The minimum absolute atomic E-state index is 0.307. The molecular weight excluding hydrogens is 186 g/mol. The molecule has 0 amide bonds. The first-order valence-electron chi connectivity index (χ1n) is 3.88. The van der Waals surface area contributed by atoms with Crippen LogP contribution in [0.1, 0.15) is 18.4 Å². The molecule has 0 saturated carbocycles. The summed E-state index contributed by atoms with van der Waals surface area (Å²) in [4.78, 5) is 11.2. The Labute approximate surface area is 80.6 Å². The molecule has 1 atom stereocenters. The quantitative estimate of drug-likeness (QED) is 0.692. The van der Waals surface area contributed by atoms with Gasteiger partial charge in [-0.1, -0.05) is 0 Å². The summed E-state index contributed by atoms with van der Waals surface area (Å²) in [6, 6.07) is 3.68. The minimum Gasteiger partial charge on any atom is -0.465 e. The van der Waals surface area contributed by atoms with Gasteiger partial charge in [-0.2, -0.15) is 16.6 Å². The van der Waals surface area contributed by atoms with Crippen molar-refractivity contribution in [2.45, 2.75) is 12.8 Å². The average molecular weight is 195 g/mol. The number of thiophene rings is 1. The second kappa shape index (κ2) is 4.63. The van der Waals surface area contributed by atoms with E-state index in [1.54, 1.807) is 18.4 Å². The topological polar surface area (TPSA) is 50.1 Å². The van der Waals surface area contributed by atoms with Crippen LogP contribution in [0, 0.1) is 11.3 Å². The summed E-state index contributed by atoms with van der Waals surface area (Å²) in [6.45, 7) is 2.03. The lowest BCUT2D eigenvalue weighted by Crippen LogP contribution is -2.13. The van der Waals surface area contributed by atoms with E-state index in [0.29, 0.717) is 12.2 Å². The first-order valence-corrected chi connectivity index (χ1v) is 4.82. The van der Waals surface area contributed by atoms with E-state index in [0.717, 1.165) is 0 Å². The number of rotatable bonds is 3. The molecule has 1 rings (SSSR count). The monoisotopic (exact) mass is 195 g/mol. The van der Waals surface area contributed by atoms with Crippen LogP contribution in [0.15, 0.2) is 16.8 Å². The van der Waals surface area contributed by atoms with E-state index in [9.17, 15) is 4.79 Å². The van der Waals surface area contributed by atoms with Crippen LogP contribution in [-0.2, 0) is 9.53 Å². The van der Waals surface area contributed by atoms with E-state index < -0.39 is 11.9 Å². The molecule has 3 nitrogen and oxygen atoms in total. The summed E-state index contributed by atoms with van der Waals surface area (Å²) < 4.78 is 4.76. The Morgan fingerprint density at radius 1 is 1.85 bits per heavy atom. The highest BCUT2D eigenvalue weighted by Gasteiger charge is 2.21. The third kappa shape index (κ3) is 2.30. The van der Waals surface area contributed by atoms with Gasteiger partial charge in [0.25, 0.3) is 0 Å². The lowest BCUT2D eigenvalue weighted by molar-refractivity contribution is -0.143. The predicted molar refractivity (Wildman–Crippen MR) is 49.3 cm³/mol. The van der Waals surface area contributed by atoms with E-state index in [-0.39, 0.29) is 0 Å². The molecule has 0 spiro atoms. The Morgan fingerprint density at radius 2 is 2.62 bits per heavy atom. The maximum absolute atomic E-state index is 11.2. The van der Waals surface area contributed by atoms with Crippen molar-refractivity contribution in [3.8, 4) is 6.07 Å². The van der Waals surface area contributed by atoms with Crippen molar-refractivity contribution in [2.24, 2.45) is 0 Å². The minimum atomic E-state index is -0.772. The number of esters is 1. The molecule has 1 unspecified atom stereocenters. The number of carbonyl (C=O) groups is 1. The van der Waals surface area contributed by atoms with Gasteiger partial charge in [0.15, 0.2) is 5.92 Å². The van der Waals surface area contributed by atoms with Gasteiger partial charge in [0.2, 0.25) is 0 Å². The summed E-state index contributed by atoms with van der Waals surface area (Å²) in [5.74, 6) is -1.24. The molecule has 1 heterocycles. The van der Waals surface area contributed by atoms with Gasteiger partial charge >= 0.3 is 5.97 Å². The normalized spacial score (nSPS) is 11.7. The highest BCUT2D eigenvalue weighted by atomic mass is 32.1. The summed E-state index contributed by atoms with van der Waals surface area (Å²) >= 11 is 1.46. The Morgan fingerprint density at radius 3 is 3.08 bits per heavy atom. The van der Waals surface area contributed by atoms with Gasteiger partial charge in [-0.3, -0.25) is 4.79 Å². The molecule has 4 heteroatoms. The number of nitrogens with zero attached hydrogens (tertiary/aromatic N) is 1. The zero-order valence-electron chi connectivity index (χ0n) is 7.19. The van der Waals surface area contributed by atoms with Crippen LogP contribution < -0.4 is 0 Å². The SMILES string of the molecule is CCOC(=O)C(C#N)c1ccsc1. The molecule has 0 aromatic carbocycles. The first-order chi connectivity index (χ1) is 6.29. The van der Waals surface area contributed by atoms with Gasteiger partial charge in [0.1, 0.15) is 0 Å². The van der Waals surface area contributed by atoms with Crippen molar-refractivity contribution in [2.75, 3.05) is 6.61 Å². The summed E-state index contributed by atoms with van der Waals surface area (Å²) in [5.41, 5.74) is 0.714. The van der Waals surface area contributed by atoms with E-state index in [1.807, 2.05) is 11.4 Å². The van der Waals surface area contributed by atoms with E-state index in [2.05, 4.69) is 0 Å². The van der Waals surface area contributed by atoms with Gasteiger partial charge in [-0.05, 0) is 29.3 Å². The second-order valence-electron chi connectivity index (χ2n) is 2.37. The number of hydrogen-bond donors (Lipinski definition) is 0. The van der Waals surface area contributed by atoms with Gasteiger partial charge in [-0.15, -0.1) is 0 Å². The molecule has 0 saturated heterocycles. The Bertz CT molecular complexity index is 313. The predicted octanol–water partition coefficient (Wildman–Crippen LogP) is 1.92. The van der Waals surface area contributed by atoms with Gasteiger partial charge in [-0.25, -0.2) is 0 Å². The molecule has 0 aliphatic heterocycles. The van der Waals surface area contributed by atoms with Gasteiger partial charge in [0.05, 0.1) is 12.7 Å². The van der Waals surface area contributed by atoms with Gasteiger partial charge in [0, 0.05) is 0 Å². The molecule has 0 fully saturated rings. The number of carbonyl (C=O) groups excluding carboxylic acids is 1. The Hall–Kier alpha value is -1.34. The van der Waals surface area contributed by atoms with Crippen LogP contribution in [0.5, 0.6) is 0 Å². The maximum Gasteiger partial charge on any atom is 0.327 e. The number of nitriles is 1. The van der Waals surface area contributed by atoms with E-state index in [4.69, 9.17) is 10.00 Å². The fourth-order valence-corrected chi connectivity index (χ4v) is 1.61. The first kappa shape index (κ1) is 9.75. The molecule has 68 valence electrons. The zero-order chi connectivity index (χ0) is 9.68. The lowest BCUT2D eigenvalue weighted by Gasteiger charge is -2.05. The summed E-state index contributed by atoms with van der Waals surface area (Å²) in [5, 5.41) is 12.4. The molecular formula is C9H9NO2S. The standard InChI is InChI=1S/C9H9NO2S/c1-2-12-9(11)8(5-10)7-3-4-13-6-7/h3-4,6,8H,2H2,1H3. The third-order valence-corrected chi connectivity index (χ3v) is 2.23. The summed E-state index contributed by atoms with van der Waals surface area (Å²) in [7, 11) is 0. The van der Waals surface area contributed by atoms with Crippen molar-refractivity contribution in [3.63, 3.8) is 0 Å². The van der Waals surface area contributed by atoms with Crippen LogP contribution in [0.25, 0.3) is 0 Å². The van der Waals surface area contributed by atoms with E-state index in [1.165, 1.54) is 11.3 Å². The molecule has 0 bridgehead atoms. The molecule has 1 aromatic heterocycles. The number of hydrogen-bond acceptors (Lipinski definition) is 4.